The van der Waals surface area contributed by atoms with Crippen molar-refractivity contribution in [2.24, 2.45) is 5.92 Å². The molecule has 0 atom stereocenters. The summed E-state index contributed by atoms with van der Waals surface area (Å²) in [5.74, 6) is 0.130. The van der Waals surface area contributed by atoms with E-state index < -0.39 is 0 Å². The average Bonchev–Trinajstić information content (AvgIpc) is 2.97. The van der Waals surface area contributed by atoms with Gasteiger partial charge in [-0.25, -0.2) is 0 Å². The van der Waals surface area contributed by atoms with Gasteiger partial charge < -0.3 is 4.90 Å². The van der Waals surface area contributed by atoms with Crippen molar-refractivity contribution < 1.29 is 4.79 Å². The number of nitrogens with zero attached hydrogens (tertiary/aromatic N) is 1. The number of rotatable bonds is 3. The molecule has 0 aromatic heterocycles. The van der Waals surface area contributed by atoms with Crippen molar-refractivity contribution in [1.29, 1.82) is 0 Å². The normalized spacial score (nSPS) is 14.3. The molecule has 116 valence electrons. The molecule has 0 spiro atoms. The van der Waals surface area contributed by atoms with Crippen LogP contribution in [0.5, 0.6) is 0 Å². The van der Waals surface area contributed by atoms with Crippen LogP contribution in [-0.4, -0.2) is 13.0 Å². The van der Waals surface area contributed by atoms with Gasteiger partial charge in [-0.05, 0) is 40.5 Å². The Kier molecular flexibility index (Phi) is 4.16. The molecule has 0 fully saturated rings. The Morgan fingerprint density at radius 2 is 1.70 bits per heavy atom. The molecule has 23 heavy (non-hydrogen) atoms. The van der Waals surface area contributed by atoms with Crippen LogP contribution in [0.15, 0.2) is 54.6 Å². The lowest BCUT2D eigenvalue weighted by Crippen LogP contribution is -2.30. The summed E-state index contributed by atoms with van der Waals surface area (Å²) >= 11 is 0. The zero-order valence-electron chi connectivity index (χ0n) is 13.8. The van der Waals surface area contributed by atoms with Crippen LogP contribution in [0.4, 0.5) is 5.69 Å². The molecule has 0 saturated heterocycles. The summed E-state index contributed by atoms with van der Waals surface area (Å²) in [5.41, 5.74) is 5.81. The van der Waals surface area contributed by atoms with E-state index in [-0.39, 0.29) is 11.8 Å². The highest BCUT2D eigenvalue weighted by atomic mass is 16.2. The van der Waals surface area contributed by atoms with Crippen LogP contribution in [0, 0.1) is 5.92 Å². The second kappa shape index (κ2) is 6.25. The Morgan fingerprint density at radius 3 is 2.39 bits per heavy atom. The van der Waals surface area contributed by atoms with Gasteiger partial charge in [-0.3, -0.25) is 4.79 Å². The van der Waals surface area contributed by atoms with Gasteiger partial charge in [0.15, 0.2) is 0 Å². The molecule has 0 saturated carbocycles. The van der Waals surface area contributed by atoms with Crippen LogP contribution in [0.2, 0.25) is 0 Å². The molecule has 0 unspecified atom stereocenters. The summed E-state index contributed by atoms with van der Waals surface area (Å²) in [4.78, 5) is 13.8. The van der Waals surface area contributed by atoms with Crippen LogP contribution in [-0.2, 0) is 4.79 Å². The number of allylic oxidation sites excluding steroid dienone is 2. The van der Waals surface area contributed by atoms with Gasteiger partial charge >= 0.3 is 0 Å². The van der Waals surface area contributed by atoms with Crippen molar-refractivity contribution in [3.8, 4) is 0 Å². The fourth-order valence-corrected chi connectivity index (χ4v) is 2.79. The van der Waals surface area contributed by atoms with Crippen molar-refractivity contribution in [1.82, 2.24) is 0 Å². The molecule has 2 aromatic carbocycles. The van der Waals surface area contributed by atoms with Crippen molar-refractivity contribution in [3.63, 3.8) is 0 Å². The van der Waals surface area contributed by atoms with Crippen molar-refractivity contribution >= 4 is 29.3 Å². The molecule has 2 heteroatoms. The van der Waals surface area contributed by atoms with E-state index in [4.69, 9.17) is 0 Å². The Labute approximate surface area is 137 Å². The fourth-order valence-electron chi connectivity index (χ4n) is 2.79. The van der Waals surface area contributed by atoms with Gasteiger partial charge in [-0.1, -0.05) is 62.4 Å². The Hall–Kier alpha value is -2.61. The molecular formula is C21H21NO. The van der Waals surface area contributed by atoms with Crippen LogP contribution in [0.1, 0.15) is 30.5 Å². The van der Waals surface area contributed by atoms with E-state index in [1.807, 2.05) is 33.0 Å². The van der Waals surface area contributed by atoms with Gasteiger partial charge in [0.05, 0.1) is 0 Å². The van der Waals surface area contributed by atoms with E-state index in [0.717, 1.165) is 11.3 Å². The third-order valence-electron chi connectivity index (χ3n) is 4.14. The maximum absolute atomic E-state index is 12.0. The Bertz CT molecular complexity index is 782. The zero-order chi connectivity index (χ0) is 16.4. The second-order valence-corrected chi connectivity index (χ2v) is 6.16. The average molecular weight is 303 g/mol. The molecule has 1 amide bonds. The second-order valence-electron chi connectivity index (χ2n) is 6.16. The van der Waals surface area contributed by atoms with Gasteiger partial charge in [0.1, 0.15) is 0 Å². The first kappa shape index (κ1) is 15.3. The molecule has 3 rings (SSSR count). The molecule has 1 aliphatic carbocycles. The monoisotopic (exact) mass is 303 g/mol. The fraction of sp³-hybridized carbons (Fsp3) is 0.190. The lowest BCUT2D eigenvalue weighted by atomic mass is 10.0. The number of carbonyl (C=O) groups excluding carboxylic acids is 1. The van der Waals surface area contributed by atoms with Crippen molar-refractivity contribution in [2.45, 2.75) is 13.8 Å². The minimum absolute atomic E-state index is 0.00178. The maximum atomic E-state index is 12.0. The molecule has 2 nitrogen and oxygen atoms in total. The predicted molar refractivity (Wildman–Crippen MR) is 98.0 cm³/mol. The van der Waals surface area contributed by atoms with Gasteiger partial charge in [0.2, 0.25) is 5.91 Å². The van der Waals surface area contributed by atoms with Gasteiger partial charge in [0, 0.05) is 18.7 Å². The van der Waals surface area contributed by atoms with Crippen molar-refractivity contribution in [3.05, 3.63) is 71.3 Å². The molecule has 0 radical (unpaired) electrons. The highest BCUT2D eigenvalue weighted by Crippen LogP contribution is 2.30. The van der Waals surface area contributed by atoms with E-state index >= 15 is 0 Å². The van der Waals surface area contributed by atoms with Gasteiger partial charge in [0.25, 0.3) is 0 Å². The highest BCUT2D eigenvalue weighted by Gasteiger charge is 2.14. The van der Waals surface area contributed by atoms with Crippen molar-refractivity contribution in [2.75, 3.05) is 11.9 Å². The summed E-state index contributed by atoms with van der Waals surface area (Å²) < 4.78 is 0. The van der Waals surface area contributed by atoms with Crippen LogP contribution >= 0.6 is 0 Å². The Balaban J connectivity index is 1.83. The number of hydrogen-bond acceptors (Lipinski definition) is 1. The minimum atomic E-state index is 0.00178. The van der Waals surface area contributed by atoms with Crippen LogP contribution < -0.4 is 4.90 Å². The molecule has 0 heterocycles. The van der Waals surface area contributed by atoms with Crippen LogP contribution in [0.3, 0.4) is 0 Å². The Morgan fingerprint density at radius 1 is 1.00 bits per heavy atom. The van der Waals surface area contributed by atoms with E-state index in [1.165, 1.54) is 16.7 Å². The summed E-state index contributed by atoms with van der Waals surface area (Å²) in [6.07, 6.45) is 6.47. The topological polar surface area (TPSA) is 20.3 Å². The van der Waals surface area contributed by atoms with Gasteiger partial charge in [-0.15, -0.1) is 0 Å². The molecule has 2 aromatic rings. The number of anilines is 1. The van der Waals surface area contributed by atoms with E-state index in [2.05, 4.69) is 54.6 Å². The number of carbonyl (C=O) groups is 1. The third kappa shape index (κ3) is 3.11. The third-order valence-corrected chi connectivity index (χ3v) is 4.14. The molecule has 1 aliphatic rings. The van der Waals surface area contributed by atoms with E-state index in [1.54, 1.807) is 4.90 Å². The lowest BCUT2D eigenvalue weighted by molar-refractivity contribution is -0.121. The molecular weight excluding hydrogens is 282 g/mol. The summed E-state index contributed by atoms with van der Waals surface area (Å²) in [5, 5.41) is 0. The first-order valence-electron chi connectivity index (χ1n) is 7.93. The first-order valence-corrected chi connectivity index (χ1v) is 7.93. The highest BCUT2D eigenvalue weighted by molar-refractivity contribution is 5.98. The molecule has 0 bridgehead atoms. The standard InChI is InChI=1S/C21H21NO/c1-15(2)21(23)22(3)19-12-8-16(9-13-19)14-18-11-10-17-6-4-5-7-20(17)18/h4-15H,1-3H3/b18-14-. The number of amides is 1. The zero-order valence-corrected chi connectivity index (χ0v) is 13.8. The summed E-state index contributed by atoms with van der Waals surface area (Å²) in [6, 6.07) is 16.5. The lowest BCUT2D eigenvalue weighted by Gasteiger charge is -2.19. The minimum Gasteiger partial charge on any atom is -0.315 e. The number of benzene rings is 2. The van der Waals surface area contributed by atoms with E-state index in [0.29, 0.717) is 0 Å². The number of fused-ring (bicyclic) bond motifs is 1. The van der Waals surface area contributed by atoms with Crippen LogP contribution in [0.25, 0.3) is 17.7 Å². The molecule has 0 aliphatic heterocycles. The predicted octanol–water partition coefficient (Wildman–Crippen LogP) is 4.87. The first-order chi connectivity index (χ1) is 11.1. The SMILES string of the molecule is CC(C)C(=O)N(C)c1ccc(/C=C2/C=Cc3ccccc32)cc1. The molecule has 0 N–H and O–H groups in total. The maximum Gasteiger partial charge on any atom is 0.229 e. The summed E-state index contributed by atoms with van der Waals surface area (Å²) in [7, 11) is 1.83. The summed E-state index contributed by atoms with van der Waals surface area (Å²) in [6.45, 7) is 3.84. The quantitative estimate of drug-likeness (QED) is 0.792. The largest absolute Gasteiger partial charge is 0.315 e. The smallest absolute Gasteiger partial charge is 0.229 e. The van der Waals surface area contributed by atoms with E-state index in [9.17, 15) is 4.79 Å². The van der Waals surface area contributed by atoms with Gasteiger partial charge in [-0.2, -0.15) is 0 Å². The number of hydrogen-bond donors (Lipinski definition) is 0.